The molecule has 0 radical (unpaired) electrons. The molecule has 160 valence electrons. The van der Waals surface area contributed by atoms with Gasteiger partial charge in [-0.1, -0.05) is 12.1 Å². The second kappa shape index (κ2) is 8.74. The first-order chi connectivity index (χ1) is 14.7. The second-order valence-corrected chi connectivity index (χ2v) is 6.44. The van der Waals surface area contributed by atoms with Crippen LogP contribution in [0.15, 0.2) is 48.5 Å². The molecular weight excluding hydrogens is 415 g/mol. The Morgan fingerprint density at radius 2 is 1.84 bits per heavy atom. The number of carbonyl (C=O) groups excluding carboxylic acids is 2. The first-order valence-electron chi connectivity index (χ1n) is 8.97. The number of nitrogens with one attached hydrogen (secondary N) is 2. The Kier molecular flexibility index (Phi) is 6.10. The van der Waals surface area contributed by atoms with Crippen LogP contribution in [-0.2, 0) is 22.3 Å². The lowest BCUT2D eigenvalue weighted by Gasteiger charge is -2.16. The minimum atomic E-state index is -4.76. The maximum absolute atomic E-state index is 13.3. The second-order valence-electron chi connectivity index (χ2n) is 6.44. The average Bonchev–Trinajstić information content (AvgIpc) is 3.11. The number of amides is 2. The van der Waals surface area contributed by atoms with E-state index in [0.29, 0.717) is 11.3 Å². The molecule has 2 amide bonds. The van der Waals surface area contributed by atoms with E-state index in [1.165, 1.54) is 55.5 Å². The van der Waals surface area contributed by atoms with Crippen LogP contribution in [0.3, 0.4) is 0 Å². The molecule has 0 saturated carbocycles. The number of imidazole rings is 1. The summed E-state index contributed by atoms with van der Waals surface area (Å²) in [6.07, 6.45) is -5.78. The zero-order chi connectivity index (χ0) is 22.6. The van der Waals surface area contributed by atoms with E-state index in [2.05, 4.69) is 15.8 Å². The van der Waals surface area contributed by atoms with Crippen LogP contribution in [0.4, 0.5) is 13.2 Å². The van der Waals surface area contributed by atoms with E-state index in [1.807, 2.05) is 6.07 Å². The Hall–Kier alpha value is -4.07. The summed E-state index contributed by atoms with van der Waals surface area (Å²) in [5, 5.41) is 8.77. The molecule has 0 fully saturated rings. The van der Waals surface area contributed by atoms with Crippen LogP contribution < -0.4 is 15.6 Å². The van der Waals surface area contributed by atoms with Crippen molar-refractivity contribution in [3.8, 4) is 11.8 Å². The van der Waals surface area contributed by atoms with Gasteiger partial charge in [0.25, 0.3) is 11.8 Å². The Bertz CT molecular complexity index is 1150. The first-order valence-corrected chi connectivity index (χ1v) is 8.97. The zero-order valence-electron chi connectivity index (χ0n) is 16.1. The standard InChI is InChI=1S/C20H16F3N5O3/c1-12(31-14-8-6-13(10-24)7-9-14)18(30)27-26-17(29)11-28-16-5-3-2-4-15(16)25-19(28)20(21,22)23/h2-9,12H,11H2,1H3,(H,26,29)(H,27,30). The number of benzene rings is 2. The fraction of sp³-hybridized carbons (Fsp3) is 0.200. The zero-order valence-corrected chi connectivity index (χ0v) is 16.1. The normalized spacial score (nSPS) is 12.1. The van der Waals surface area contributed by atoms with Crippen molar-refractivity contribution in [3.05, 3.63) is 59.9 Å². The van der Waals surface area contributed by atoms with Crippen LogP contribution >= 0.6 is 0 Å². The number of ether oxygens (including phenoxy) is 1. The van der Waals surface area contributed by atoms with E-state index in [1.54, 1.807) is 0 Å². The lowest BCUT2D eigenvalue weighted by atomic mass is 10.2. The van der Waals surface area contributed by atoms with Crippen molar-refractivity contribution in [3.63, 3.8) is 0 Å². The van der Waals surface area contributed by atoms with Crippen molar-refractivity contribution in [2.45, 2.75) is 25.7 Å². The molecule has 1 aromatic heterocycles. The molecule has 0 bridgehead atoms. The Morgan fingerprint density at radius 3 is 2.48 bits per heavy atom. The van der Waals surface area contributed by atoms with Gasteiger partial charge < -0.3 is 9.30 Å². The number of nitrogens with zero attached hydrogens (tertiary/aromatic N) is 3. The summed E-state index contributed by atoms with van der Waals surface area (Å²) in [5.74, 6) is -2.49. The van der Waals surface area contributed by atoms with Crippen LogP contribution in [0.25, 0.3) is 11.0 Å². The highest BCUT2D eigenvalue weighted by Crippen LogP contribution is 2.31. The SMILES string of the molecule is CC(Oc1ccc(C#N)cc1)C(=O)NNC(=O)Cn1c(C(F)(F)F)nc2ccccc21. The van der Waals surface area contributed by atoms with E-state index in [4.69, 9.17) is 10.00 Å². The van der Waals surface area contributed by atoms with Gasteiger partial charge in [-0.15, -0.1) is 0 Å². The predicted molar refractivity (Wildman–Crippen MR) is 102 cm³/mol. The minimum Gasteiger partial charge on any atom is -0.481 e. The van der Waals surface area contributed by atoms with E-state index < -0.39 is 36.5 Å². The maximum Gasteiger partial charge on any atom is 0.449 e. The van der Waals surface area contributed by atoms with Gasteiger partial charge >= 0.3 is 6.18 Å². The van der Waals surface area contributed by atoms with Crippen molar-refractivity contribution in [1.29, 1.82) is 5.26 Å². The number of fused-ring (bicyclic) bond motifs is 1. The number of aromatic nitrogens is 2. The van der Waals surface area contributed by atoms with Gasteiger partial charge in [0.05, 0.1) is 22.7 Å². The van der Waals surface area contributed by atoms with Crippen LogP contribution in [0, 0.1) is 11.3 Å². The van der Waals surface area contributed by atoms with E-state index >= 15 is 0 Å². The highest BCUT2D eigenvalue weighted by Gasteiger charge is 2.38. The lowest BCUT2D eigenvalue weighted by Crippen LogP contribution is -2.48. The van der Waals surface area contributed by atoms with Crippen LogP contribution in [0.1, 0.15) is 18.3 Å². The molecule has 31 heavy (non-hydrogen) atoms. The van der Waals surface area contributed by atoms with Crippen molar-refractivity contribution in [2.24, 2.45) is 0 Å². The molecule has 0 aliphatic rings. The number of hydrazine groups is 1. The fourth-order valence-corrected chi connectivity index (χ4v) is 2.73. The van der Waals surface area contributed by atoms with E-state index in [0.717, 1.165) is 4.57 Å². The molecule has 2 N–H and O–H groups in total. The first kappa shape index (κ1) is 21.6. The molecule has 3 aromatic rings. The highest BCUT2D eigenvalue weighted by molar-refractivity contribution is 5.85. The molecule has 3 rings (SSSR count). The largest absolute Gasteiger partial charge is 0.481 e. The average molecular weight is 431 g/mol. The van der Waals surface area contributed by atoms with E-state index in [9.17, 15) is 22.8 Å². The van der Waals surface area contributed by atoms with Gasteiger partial charge in [0, 0.05) is 0 Å². The summed E-state index contributed by atoms with van der Waals surface area (Å²) in [6, 6.07) is 13.9. The molecule has 1 heterocycles. The van der Waals surface area contributed by atoms with Gasteiger partial charge in [-0.3, -0.25) is 20.4 Å². The smallest absolute Gasteiger partial charge is 0.449 e. The fourth-order valence-electron chi connectivity index (χ4n) is 2.73. The van der Waals surface area contributed by atoms with Gasteiger partial charge in [-0.25, -0.2) is 4.98 Å². The highest BCUT2D eigenvalue weighted by atomic mass is 19.4. The maximum atomic E-state index is 13.3. The number of hydrogen-bond donors (Lipinski definition) is 2. The van der Waals surface area contributed by atoms with E-state index in [-0.39, 0.29) is 11.0 Å². The summed E-state index contributed by atoms with van der Waals surface area (Å²) < 4.78 is 46.0. The molecule has 0 aliphatic heterocycles. The number of hydrogen-bond acceptors (Lipinski definition) is 5. The number of carbonyl (C=O) groups is 2. The number of alkyl halides is 3. The number of rotatable bonds is 5. The summed E-state index contributed by atoms with van der Waals surface area (Å²) in [5.41, 5.74) is 4.83. The third-order valence-electron chi connectivity index (χ3n) is 4.20. The van der Waals surface area contributed by atoms with Crippen molar-refractivity contribution < 1.29 is 27.5 Å². The third-order valence-corrected chi connectivity index (χ3v) is 4.20. The minimum absolute atomic E-state index is 0.0936. The molecule has 2 aromatic carbocycles. The Balaban J connectivity index is 1.62. The molecular formula is C20H16F3N5O3. The summed E-state index contributed by atoms with van der Waals surface area (Å²) in [4.78, 5) is 27.8. The molecule has 0 aliphatic carbocycles. The van der Waals surface area contributed by atoms with Gasteiger partial charge in [-0.2, -0.15) is 18.4 Å². The molecule has 11 heteroatoms. The van der Waals surface area contributed by atoms with Crippen molar-refractivity contribution in [1.82, 2.24) is 20.4 Å². The monoisotopic (exact) mass is 431 g/mol. The number of nitriles is 1. The Morgan fingerprint density at radius 1 is 1.16 bits per heavy atom. The van der Waals surface area contributed by atoms with Gasteiger partial charge in [-0.05, 0) is 43.3 Å². The van der Waals surface area contributed by atoms with Crippen LogP contribution in [0.5, 0.6) is 5.75 Å². The third kappa shape index (κ3) is 5.11. The van der Waals surface area contributed by atoms with Gasteiger partial charge in [0.1, 0.15) is 12.3 Å². The topological polar surface area (TPSA) is 109 Å². The van der Waals surface area contributed by atoms with Crippen molar-refractivity contribution in [2.75, 3.05) is 0 Å². The number of halogens is 3. The quantitative estimate of drug-likeness (QED) is 0.604. The summed E-state index contributed by atoms with van der Waals surface area (Å²) in [7, 11) is 0. The lowest BCUT2D eigenvalue weighted by molar-refractivity contribution is -0.147. The predicted octanol–water partition coefficient (Wildman–Crippen LogP) is 2.54. The number of para-hydroxylation sites is 2. The molecule has 1 atom stereocenters. The Labute approximate surface area is 174 Å². The molecule has 1 unspecified atom stereocenters. The van der Waals surface area contributed by atoms with Crippen LogP contribution in [0.2, 0.25) is 0 Å². The van der Waals surface area contributed by atoms with Gasteiger partial charge in [0.15, 0.2) is 6.10 Å². The van der Waals surface area contributed by atoms with Crippen molar-refractivity contribution >= 4 is 22.8 Å². The summed E-state index contributed by atoms with van der Waals surface area (Å²) in [6.45, 7) is 0.714. The van der Waals surface area contributed by atoms with Crippen LogP contribution in [-0.4, -0.2) is 27.5 Å². The molecule has 0 saturated heterocycles. The molecule has 8 nitrogen and oxygen atoms in total. The molecule has 0 spiro atoms. The van der Waals surface area contributed by atoms with Gasteiger partial charge in [0.2, 0.25) is 5.82 Å². The summed E-state index contributed by atoms with van der Waals surface area (Å²) >= 11 is 0.